The van der Waals surface area contributed by atoms with Gasteiger partial charge in [0, 0.05) is 11.8 Å². The van der Waals surface area contributed by atoms with Gasteiger partial charge in [-0.3, -0.25) is 9.36 Å². The Morgan fingerprint density at radius 1 is 1.32 bits per heavy atom. The van der Waals surface area contributed by atoms with Gasteiger partial charge in [0.05, 0.1) is 29.8 Å². The number of aromatic nitrogens is 5. The highest BCUT2D eigenvalue weighted by Gasteiger charge is 2.07. The zero-order chi connectivity index (χ0) is 15.7. The largest absolute Gasteiger partial charge is 0.293 e. The van der Waals surface area contributed by atoms with Crippen molar-refractivity contribution in [2.24, 2.45) is 0 Å². The second kappa shape index (κ2) is 5.69. The highest BCUT2D eigenvalue weighted by molar-refractivity contribution is 6.30. The molecule has 0 unspecified atom stereocenters. The fourth-order valence-corrected chi connectivity index (χ4v) is 2.11. The van der Waals surface area contributed by atoms with E-state index in [0.717, 1.165) is 0 Å². The molecule has 2 heterocycles. The summed E-state index contributed by atoms with van der Waals surface area (Å²) in [6.45, 7) is 2.00. The van der Waals surface area contributed by atoms with Gasteiger partial charge in [-0.25, -0.2) is 14.1 Å². The minimum atomic E-state index is -0.497. The van der Waals surface area contributed by atoms with E-state index >= 15 is 0 Å². The van der Waals surface area contributed by atoms with Crippen LogP contribution in [0.2, 0.25) is 5.02 Å². The van der Waals surface area contributed by atoms with Gasteiger partial charge in [-0.1, -0.05) is 16.8 Å². The van der Waals surface area contributed by atoms with Gasteiger partial charge in [-0.15, -0.1) is 5.10 Å². The summed E-state index contributed by atoms with van der Waals surface area (Å²) in [5, 5.41) is 7.95. The van der Waals surface area contributed by atoms with Crippen LogP contribution in [0.5, 0.6) is 0 Å². The van der Waals surface area contributed by atoms with Crippen molar-refractivity contribution in [2.75, 3.05) is 0 Å². The highest BCUT2D eigenvalue weighted by Crippen LogP contribution is 2.18. The fraction of sp³-hybridized carbons (Fsp3) is 0.143. The Hall–Kier alpha value is -2.54. The normalized spacial score (nSPS) is 10.9. The number of nitrogens with zero attached hydrogens (tertiary/aromatic N) is 5. The zero-order valence-corrected chi connectivity index (χ0v) is 12.3. The van der Waals surface area contributed by atoms with Crippen LogP contribution in [-0.2, 0) is 6.54 Å². The van der Waals surface area contributed by atoms with Gasteiger partial charge in [-0.05, 0) is 25.1 Å². The fourth-order valence-electron chi connectivity index (χ4n) is 1.93. The molecule has 0 spiro atoms. The van der Waals surface area contributed by atoms with Crippen LogP contribution in [0.1, 0.15) is 11.4 Å². The molecule has 0 N–H and O–H groups in total. The van der Waals surface area contributed by atoms with E-state index in [9.17, 15) is 9.18 Å². The molecule has 1 aromatic carbocycles. The Bertz CT molecular complexity index is 889. The van der Waals surface area contributed by atoms with Gasteiger partial charge >= 0.3 is 0 Å². The summed E-state index contributed by atoms with van der Waals surface area (Å²) in [7, 11) is 0. The predicted molar refractivity (Wildman–Crippen MR) is 78.7 cm³/mol. The van der Waals surface area contributed by atoms with E-state index in [0.29, 0.717) is 17.1 Å². The molecule has 0 saturated heterocycles. The molecule has 112 valence electrons. The third kappa shape index (κ3) is 2.89. The lowest BCUT2D eigenvalue weighted by molar-refractivity contribution is 0.627. The molecule has 0 fully saturated rings. The molecule has 0 saturated carbocycles. The Morgan fingerprint density at radius 2 is 2.14 bits per heavy atom. The molecule has 0 atom stereocenters. The lowest BCUT2D eigenvalue weighted by Crippen LogP contribution is -2.20. The predicted octanol–water partition coefficient (Wildman–Crippen LogP) is 1.97. The van der Waals surface area contributed by atoms with Crippen LogP contribution in [0.3, 0.4) is 0 Å². The SMILES string of the molecule is Cc1cc(=O)n(Cc2cn(-c3ccc(F)c(Cl)c3)nn2)cn1. The molecule has 2 aromatic heterocycles. The smallest absolute Gasteiger partial charge is 0.253 e. The minimum Gasteiger partial charge on any atom is -0.293 e. The lowest BCUT2D eigenvalue weighted by Gasteiger charge is -2.02. The summed E-state index contributed by atoms with van der Waals surface area (Å²) in [5.74, 6) is -0.497. The Morgan fingerprint density at radius 3 is 2.86 bits per heavy atom. The highest BCUT2D eigenvalue weighted by atomic mass is 35.5. The summed E-state index contributed by atoms with van der Waals surface area (Å²) < 4.78 is 16.1. The summed E-state index contributed by atoms with van der Waals surface area (Å²) in [5.41, 5.74) is 1.66. The molecule has 0 amide bonds. The summed E-state index contributed by atoms with van der Waals surface area (Å²) >= 11 is 5.75. The minimum absolute atomic E-state index is 0.00787. The number of halogens is 2. The van der Waals surface area contributed by atoms with E-state index in [2.05, 4.69) is 15.3 Å². The van der Waals surface area contributed by atoms with E-state index in [1.165, 1.54) is 33.8 Å². The summed E-state index contributed by atoms with van der Waals surface area (Å²) in [4.78, 5) is 15.9. The topological polar surface area (TPSA) is 65.6 Å². The third-order valence-electron chi connectivity index (χ3n) is 3.06. The Balaban J connectivity index is 1.87. The van der Waals surface area contributed by atoms with Crippen molar-refractivity contribution < 1.29 is 4.39 Å². The van der Waals surface area contributed by atoms with Crippen LogP contribution in [0.25, 0.3) is 5.69 Å². The standard InChI is InChI=1S/C14H11ClFN5O/c1-9-4-14(22)20(8-17-9)6-10-7-21(19-18-10)11-2-3-13(16)12(15)5-11/h2-5,7-8H,6H2,1H3. The number of benzene rings is 1. The van der Waals surface area contributed by atoms with Crippen molar-refractivity contribution in [1.29, 1.82) is 0 Å². The first-order valence-electron chi connectivity index (χ1n) is 6.42. The van der Waals surface area contributed by atoms with Crippen molar-refractivity contribution in [2.45, 2.75) is 13.5 Å². The van der Waals surface area contributed by atoms with E-state index in [1.807, 2.05) is 0 Å². The first kappa shape index (κ1) is 14.4. The van der Waals surface area contributed by atoms with Gasteiger partial charge in [0.15, 0.2) is 0 Å². The number of hydrogen-bond donors (Lipinski definition) is 0. The van der Waals surface area contributed by atoms with Crippen molar-refractivity contribution in [3.05, 3.63) is 69.4 Å². The van der Waals surface area contributed by atoms with Crippen molar-refractivity contribution in [3.63, 3.8) is 0 Å². The molecule has 0 aliphatic carbocycles. The first-order valence-corrected chi connectivity index (χ1v) is 6.80. The van der Waals surface area contributed by atoms with E-state index < -0.39 is 5.82 Å². The first-order chi connectivity index (χ1) is 10.5. The van der Waals surface area contributed by atoms with Crippen LogP contribution in [0.15, 0.2) is 41.6 Å². The molecule has 0 radical (unpaired) electrons. The molecular weight excluding hydrogens is 309 g/mol. The van der Waals surface area contributed by atoms with Gasteiger partial charge in [0.25, 0.3) is 5.56 Å². The zero-order valence-electron chi connectivity index (χ0n) is 11.6. The average molecular weight is 320 g/mol. The lowest BCUT2D eigenvalue weighted by atomic mass is 10.3. The number of hydrogen-bond acceptors (Lipinski definition) is 4. The van der Waals surface area contributed by atoms with Crippen LogP contribution in [0, 0.1) is 12.7 Å². The van der Waals surface area contributed by atoms with Gasteiger partial charge in [-0.2, -0.15) is 0 Å². The van der Waals surface area contributed by atoms with Gasteiger partial charge in [0.1, 0.15) is 11.5 Å². The molecule has 0 bridgehead atoms. The second-order valence-electron chi connectivity index (χ2n) is 4.75. The molecule has 22 heavy (non-hydrogen) atoms. The maximum absolute atomic E-state index is 13.2. The number of aryl methyl sites for hydroxylation is 1. The Kier molecular flexibility index (Phi) is 3.72. The van der Waals surface area contributed by atoms with Crippen LogP contribution in [0.4, 0.5) is 4.39 Å². The van der Waals surface area contributed by atoms with E-state index in [1.54, 1.807) is 19.2 Å². The molecule has 0 aliphatic heterocycles. The maximum atomic E-state index is 13.2. The second-order valence-corrected chi connectivity index (χ2v) is 5.16. The van der Waals surface area contributed by atoms with Crippen LogP contribution >= 0.6 is 11.6 Å². The molecule has 3 rings (SSSR count). The van der Waals surface area contributed by atoms with Crippen LogP contribution in [-0.4, -0.2) is 24.5 Å². The van der Waals surface area contributed by atoms with Gasteiger partial charge in [0.2, 0.25) is 0 Å². The van der Waals surface area contributed by atoms with E-state index in [4.69, 9.17) is 11.6 Å². The Labute approximate surface area is 129 Å². The van der Waals surface area contributed by atoms with Crippen LogP contribution < -0.4 is 5.56 Å². The van der Waals surface area contributed by atoms with Crippen molar-refractivity contribution in [1.82, 2.24) is 24.5 Å². The molecule has 0 aliphatic rings. The number of rotatable bonds is 3. The van der Waals surface area contributed by atoms with Crippen molar-refractivity contribution >= 4 is 11.6 Å². The quantitative estimate of drug-likeness (QED) is 0.740. The van der Waals surface area contributed by atoms with E-state index in [-0.39, 0.29) is 17.1 Å². The molecule has 8 heteroatoms. The summed E-state index contributed by atoms with van der Waals surface area (Å²) in [6.07, 6.45) is 3.11. The van der Waals surface area contributed by atoms with Gasteiger partial charge < -0.3 is 0 Å². The molecule has 3 aromatic rings. The van der Waals surface area contributed by atoms with Crippen molar-refractivity contribution in [3.8, 4) is 5.69 Å². The third-order valence-corrected chi connectivity index (χ3v) is 3.35. The molecule has 6 nitrogen and oxygen atoms in total. The summed E-state index contributed by atoms with van der Waals surface area (Å²) in [6, 6.07) is 5.70. The monoisotopic (exact) mass is 319 g/mol. The maximum Gasteiger partial charge on any atom is 0.253 e. The molecular formula is C14H11ClFN5O. The average Bonchev–Trinajstić information content (AvgIpc) is 2.93.